The third-order valence-corrected chi connectivity index (χ3v) is 4.73. The molecule has 0 radical (unpaired) electrons. The minimum atomic E-state index is -0.301. The van der Waals surface area contributed by atoms with Crippen LogP contribution < -0.4 is 10.8 Å². The molecule has 3 N–H and O–H groups in total. The Kier molecular flexibility index (Phi) is 8.51. The molecule has 0 aliphatic rings. The van der Waals surface area contributed by atoms with Crippen LogP contribution in [-0.4, -0.2) is 26.2 Å². The number of hydrogen-bond donors (Lipinski definition) is 2. The Morgan fingerprint density at radius 1 is 1.21 bits per heavy atom. The molecule has 1 unspecified atom stereocenters. The number of ether oxygens (including phenoxy) is 1. The van der Waals surface area contributed by atoms with Gasteiger partial charge in [0.25, 0.3) is 5.91 Å². The van der Waals surface area contributed by atoms with Crippen molar-refractivity contribution < 1.29 is 19.8 Å². The summed E-state index contributed by atoms with van der Waals surface area (Å²) < 4.78 is 5.57. The highest BCUT2D eigenvalue weighted by molar-refractivity contribution is 6.34. The van der Waals surface area contributed by atoms with Crippen LogP contribution in [0.1, 0.15) is 34.8 Å². The Balaban J connectivity index is 2.26. The molecule has 28 heavy (non-hydrogen) atoms. The van der Waals surface area contributed by atoms with E-state index >= 15 is 0 Å². The molecule has 0 aliphatic carbocycles. The van der Waals surface area contributed by atoms with Gasteiger partial charge in [-0.05, 0) is 43.0 Å². The zero-order valence-corrected chi connectivity index (χ0v) is 17.5. The summed E-state index contributed by atoms with van der Waals surface area (Å²) in [4.78, 5) is 18.0. The van der Waals surface area contributed by atoms with Crippen LogP contribution in [0, 0.1) is 6.92 Å². The Labute approximate surface area is 171 Å². The van der Waals surface area contributed by atoms with Crippen LogP contribution in [0.15, 0.2) is 54.3 Å². The third-order valence-electron chi connectivity index (χ3n) is 4.41. The van der Waals surface area contributed by atoms with Gasteiger partial charge in [-0.15, -0.1) is 0 Å². The van der Waals surface area contributed by atoms with E-state index in [-0.39, 0.29) is 11.9 Å². The first-order valence-corrected chi connectivity index (χ1v) is 9.62. The molecule has 1 atom stereocenters. The van der Waals surface area contributed by atoms with E-state index in [1.54, 1.807) is 25.8 Å². The SMILES string of the molecule is CC/C=C(/OC)C(Cc1ccc([NH2+]OC)cc1)NC(=O)c1c(C)cccc1Cl. The minimum absolute atomic E-state index is 0.212. The second-order valence-corrected chi connectivity index (χ2v) is 6.88. The molecular formula is C22H28ClN2O3+. The van der Waals surface area contributed by atoms with Gasteiger partial charge in [-0.2, -0.15) is 5.48 Å². The van der Waals surface area contributed by atoms with Crippen molar-refractivity contribution in [3.8, 4) is 0 Å². The lowest BCUT2D eigenvalue weighted by molar-refractivity contribution is -0.830. The Hall–Kier alpha value is -2.34. The molecule has 150 valence electrons. The average Bonchev–Trinajstić information content (AvgIpc) is 2.67. The average molecular weight is 404 g/mol. The van der Waals surface area contributed by atoms with Crippen LogP contribution in [0.5, 0.6) is 0 Å². The highest BCUT2D eigenvalue weighted by atomic mass is 35.5. The van der Waals surface area contributed by atoms with Gasteiger partial charge in [0.05, 0.1) is 30.8 Å². The number of hydrogen-bond acceptors (Lipinski definition) is 3. The number of nitrogens with two attached hydrogens (primary N) is 1. The molecule has 2 aromatic carbocycles. The predicted octanol–water partition coefficient (Wildman–Crippen LogP) is 3.69. The van der Waals surface area contributed by atoms with Gasteiger partial charge in [0, 0.05) is 12.1 Å². The van der Waals surface area contributed by atoms with Gasteiger partial charge in [0.2, 0.25) is 0 Å². The molecule has 0 heterocycles. The van der Waals surface area contributed by atoms with Crippen molar-refractivity contribution in [2.75, 3.05) is 14.2 Å². The fourth-order valence-corrected chi connectivity index (χ4v) is 3.35. The quantitative estimate of drug-likeness (QED) is 0.381. The summed E-state index contributed by atoms with van der Waals surface area (Å²) in [5.74, 6) is 0.518. The van der Waals surface area contributed by atoms with Crippen molar-refractivity contribution in [2.45, 2.75) is 32.7 Å². The van der Waals surface area contributed by atoms with E-state index in [0.29, 0.717) is 17.0 Å². The van der Waals surface area contributed by atoms with E-state index in [4.69, 9.17) is 21.2 Å². The fourth-order valence-electron chi connectivity index (χ4n) is 3.05. The summed E-state index contributed by atoms with van der Waals surface area (Å²) in [5.41, 5.74) is 5.07. The number of carbonyl (C=O) groups is 1. The number of aryl methyl sites for hydroxylation is 1. The monoisotopic (exact) mass is 403 g/mol. The van der Waals surface area contributed by atoms with Crippen molar-refractivity contribution in [1.82, 2.24) is 5.32 Å². The van der Waals surface area contributed by atoms with E-state index in [2.05, 4.69) is 5.32 Å². The van der Waals surface area contributed by atoms with Gasteiger partial charge in [0.15, 0.2) is 5.69 Å². The highest BCUT2D eigenvalue weighted by Gasteiger charge is 2.22. The second-order valence-electron chi connectivity index (χ2n) is 6.48. The molecule has 5 nitrogen and oxygen atoms in total. The zero-order valence-electron chi connectivity index (χ0n) is 16.8. The summed E-state index contributed by atoms with van der Waals surface area (Å²) in [7, 11) is 3.24. The van der Waals surface area contributed by atoms with Crippen molar-refractivity contribution in [1.29, 1.82) is 0 Å². The molecule has 0 aromatic heterocycles. The lowest BCUT2D eigenvalue weighted by atomic mass is 10.0. The van der Waals surface area contributed by atoms with Crippen molar-refractivity contribution in [2.24, 2.45) is 0 Å². The zero-order chi connectivity index (χ0) is 20.5. The third kappa shape index (κ3) is 5.83. The number of carbonyl (C=O) groups excluding carboxylic acids is 1. The van der Waals surface area contributed by atoms with Gasteiger partial charge >= 0.3 is 0 Å². The Bertz CT molecular complexity index is 799. The number of nitrogens with one attached hydrogen (secondary N) is 1. The minimum Gasteiger partial charge on any atom is -0.499 e. The Morgan fingerprint density at radius 3 is 2.50 bits per heavy atom. The van der Waals surface area contributed by atoms with Crippen LogP contribution >= 0.6 is 11.6 Å². The lowest BCUT2D eigenvalue weighted by Crippen LogP contribution is -2.75. The van der Waals surface area contributed by atoms with Gasteiger partial charge in [-0.1, -0.05) is 42.8 Å². The van der Waals surface area contributed by atoms with Crippen molar-refractivity contribution in [3.05, 3.63) is 76.0 Å². The summed E-state index contributed by atoms with van der Waals surface area (Å²) in [6.07, 6.45) is 3.39. The number of quaternary nitrogens is 1. The van der Waals surface area contributed by atoms with Crippen molar-refractivity contribution in [3.63, 3.8) is 0 Å². The molecule has 1 amide bonds. The predicted molar refractivity (Wildman–Crippen MR) is 112 cm³/mol. The molecule has 0 spiro atoms. The van der Waals surface area contributed by atoms with E-state index < -0.39 is 0 Å². The van der Waals surface area contributed by atoms with Gasteiger partial charge in [-0.3, -0.25) is 4.79 Å². The van der Waals surface area contributed by atoms with E-state index in [0.717, 1.165) is 29.0 Å². The molecule has 2 rings (SSSR count). The molecule has 0 fully saturated rings. The van der Waals surface area contributed by atoms with Crippen LogP contribution in [0.3, 0.4) is 0 Å². The number of halogens is 1. The second kappa shape index (κ2) is 10.9. The molecule has 2 aromatic rings. The van der Waals surface area contributed by atoms with Crippen LogP contribution in [0.4, 0.5) is 5.69 Å². The summed E-state index contributed by atoms with van der Waals surface area (Å²) in [6.45, 7) is 3.91. The number of allylic oxidation sites excluding steroid dienone is 1. The first-order valence-electron chi connectivity index (χ1n) is 9.25. The highest BCUT2D eigenvalue weighted by Crippen LogP contribution is 2.21. The molecule has 0 aliphatic heterocycles. The normalized spacial score (nSPS) is 12.5. The summed E-state index contributed by atoms with van der Waals surface area (Å²) in [5, 5.41) is 3.53. The van der Waals surface area contributed by atoms with Crippen molar-refractivity contribution >= 4 is 23.2 Å². The first-order chi connectivity index (χ1) is 13.5. The Morgan fingerprint density at radius 2 is 1.93 bits per heavy atom. The summed E-state index contributed by atoms with van der Waals surface area (Å²) in [6, 6.07) is 13.1. The topological polar surface area (TPSA) is 64.2 Å². The molecule has 0 saturated carbocycles. The van der Waals surface area contributed by atoms with Gasteiger partial charge < -0.3 is 10.1 Å². The maximum Gasteiger partial charge on any atom is 0.253 e. The van der Waals surface area contributed by atoms with Crippen LogP contribution in [-0.2, 0) is 16.0 Å². The fraction of sp³-hybridized carbons (Fsp3) is 0.318. The molecule has 0 bridgehead atoms. The van der Waals surface area contributed by atoms with Crippen LogP contribution in [0.25, 0.3) is 0 Å². The maximum absolute atomic E-state index is 13.0. The standard InChI is InChI=1S/C22H27ClN2O3/c1-5-7-20(27-3)19(14-16-10-12-17(13-11-16)25-28-4)24-22(26)21-15(2)8-6-9-18(21)23/h6-13,19,25H,5,14H2,1-4H3,(H,24,26)/p+1/b20-7+. The van der Waals surface area contributed by atoms with Gasteiger partial charge in [0.1, 0.15) is 5.76 Å². The largest absolute Gasteiger partial charge is 0.499 e. The molecule has 0 saturated heterocycles. The lowest BCUT2D eigenvalue weighted by Gasteiger charge is -2.22. The number of rotatable bonds is 9. The van der Waals surface area contributed by atoms with E-state index in [9.17, 15) is 4.79 Å². The maximum atomic E-state index is 13.0. The van der Waals surface area contributed by atoms with E-state index in [1.807, 2.05) is 56.3 Å². The first kappa shape index (κ1) is 22.0. The van der Waals surface area contributed by atoms with Crippen LogP contribution in [0.2, 0.25) is 5.02 Å². The van der Waals surface area contributed by atoms with Gasteiger partial charge in [-0.25, -0.2) is 4.84 Å². The molecule has 6 heteroatoms. The number of methoxy groups -OCH3 is 1. The number of benzene rings is 2. The smallest absolute Gasteiger partial charge is 0.253 e. The van der Waals surface area contributed by atoms with E-state index in [1.165, 1.54) is 0 Å². The number of amides is 1. The molecular weight excluding hydrogens is 376 g/mol. The summed E-state index contributed by atoms with van der Waals surface area (Å²) >= 11 is 6.27.